The number of carbonyl (C=O) groups excluding carboxylic acids is 4. The lowest BCUT2D eigenvalue weighted by Gasteiger charge is -2.26. The summed E-state index contributed by atoms with van der Waals surface area (Å²) in [6, 6.07) is 28.1. The molecule has 0 spiro atoms. The van der Waals surface area contributed by atoms with Gasteiger partial charge < -0.3 is 33.2 Å². The van der Waals surface area contributed by atoms with Crippen LogP contribution in [0.2, 0.25) is 0 Å². The van der Waals surface area contributed by atoms with Crippen molar-refractivity contribution in [3.63, 3.8) is 0 Å². The van der Waals surface area contributed by atoms with Crippen molar-refractivity contribution in [3.05, 3.63) is 119 Å². The smallest absolute Gasteiger partial charge is 0.343 e. The normalized spacial score (nSPS) is 11.9. The molecule has 0 aliphatic heterocycles. The summed E-state index contributed by atoms with van der Waals surface area (Å²) in [5, 5.41) is 8.82. The van der Waals surface area contributed by atoms with E-state index in [1.807, 2.05) is 70.2 Å². The van der Waals surface area contributed by atoms with Crippen LogP contribution in [-0.4, -0.2) is 70.6 Å². The van der Waals surface area contributed by atoms with E-state index >= 15 is 0 Å². The van der Waals surface area contributed by atoms with Crippen LogP contribution in [0.15, 0.2) is 107 Å². The molecule has 0 aromatic heterocycles. The molecule has 0 radical (unpaired) electrons. The lowest BCUT2D eigenvalue weighted by molar-refractivity contribution is -0.158. The Morgan fingerprint density at radius 2 is 1.20 bits per heavy atom. The lowest BCUT2D eigenvalue weighted by atomic mass is 9.81. The molecule has 4 aromatic rings. The third-order valence-corrected chi connectivity index (χ3v) is 12.8. The Hall–Kier alpha value is -6.34. The highest BCUT2D eigenvalue weighted by Crippen LogP contribution is 2.30. The largest absolute Gasteiger partial charge is 0.494 e. The number of aryl methyl sites for hydroxylation is 2. The summed E-state index contributed by atoms with van der Waals surface area (Å²) in [7, 11) is 1.54. The number of hydrogen-bond acceptors (Lipinski definition) is 13. The summed E-state index contributed by atoms with van der Waals surface area (Å²) < 4.78 is 38.7. The molecule has 13 heteroatoms. The van der Waals surface area contributed by atoms with Crippen molar-refractivity contribution in [2.45, 2.75) is 150 Å². The van der Waals surface area contributed by atoms with E-state index < -0.39 is 17.4 Å². The fraction of sp³-hybridized carbons (Fsp3) is 0.516. The Balaban J connectivity index is 0.964. The number of hydrogen-bond donors (Lipinski definition) is 0. The summed E-state index contributed by atoms with van der Waals surface area (Å²) in [6.45, 7) is 12.2. The van der Waals surface area contributed by atoms with Crippen molar-refractivity contribution >= 4 is 41.3 Å². The van der Waals surface area contributed by atoms with Gasteiger partial charge in [0.05, 0.1) is 61.3 Å². The Morgan fingerprint density at radius 3 is 1.81 bits per heavy atom. The number of azo groups is 1. The molecule has 0 bridgehead atoms. The number of ether oxygens (including phenoxy) is 7. The summed E-state index contributed by atoms with van der Waals surface area (Å²) in [6.07, 6.45) is 20.5. The Labute approximate surface area is 447 Å². The zero-order chi connectivity index (χ0) is 53.9. The molecular formula is C62H84N2O11. The second-order valence-electron chi connectivity index (χ2n) is 19.7. The molecule has 75 heavy (non-hydrogen) atoms. The van der Waals surface area contributed by atoms with Gasteiger partial charge in [-0.15, -0.1) is 0 Å². The van der Waals surface area contributed by atoms with Gasteiger partial charge in [-0.2, -0.15) is 10.2 Å². The van der Waals surface area contributed by atoms with Gasteiger partial charge in [-0.1, -0.05) is 83.4 Å². The van der Waals surface area contributed by atoms with Crippen molar-refractivity contribution in [3.8, 4) is 17.2 Å². The number of unbranched alkanes of at least 4 members (excludes halogenated alkanes) is 12. The number of nitrogens with zero attached hydrogens (tertiary/aromatic N) is 2. The van der Waals surface area contributed by atoms with Crippen molar-refractivity contribution < 1.29 is 52.3 Å². The second-order valence-corrected chi connectivity index (χ2v) is 19.7. The monoisotopic (exact) mass is 1030 g/mol. The van der Waals surface area contributed by atoms with E-state index in [9.17, 15) is 19.2 Å². The SMILES string of the molecule is CCCCCc1cccc(N=Nc2ccc(OCCCCCCOC(=O)C(CC)CC(C)(C)C(=O)OCCCCCCCCCCOc3ccc(C(=O)Oc4ccc(/C=C/C(=O)OCCOC)cc4C)cc3)cc2)c1. The first-order chi connectivity index (χ1) is 36.4. The maximum Gasteiger partial charge on any atom is 0.343 e. The Morgan fingerprint density at radius 1 is 0.600 bits per heavy atom. The quantitative estimate of drug-likeness (QED) is 0.0105. The highest BCUT2D eigenvalue weighted by atomic mass is 16.6. The highest BCUT2D eigenvalue weighted by molar-refractivity contribution is 5.91. The van der Waals surface area contributed by atoms with Crippen LogP contribution in [-0.2, 0) is 39.8 Å². The van der Waals surface area contributed by atoms with Crippen LogP contribution in [0.25, 0.3) is 6.08 Å². The number of methoxy groups -OCH3 is 1. The van der Waals surface area contributed by atoms with Gasteiger partial charge in [-0.05, 0) is 181 Å². The van der Waals surface area contributed by atoms with E-state index in [4.69, 9.17) is 33.2 Å². The predicted molar refractivity (Wildman–Crippen MR) is 295 cm³/mol. The molecule has 0 saturated carbocycles. The second kappa shape index (κ2) is 35.8. The minimum atomic E-state index is -0.787. The van der Waals surface area contributed by atoms with E-state index in [-0.39, 0.29) is 24.5 Å². The van der Waals surface area contributed by atoms with E-state index in [2.05, 4.69) is 29.3 Å². The number of esters is 4. The van der Waals surface area contributed by atoms with Gasteiger partial charge in [-0.25, -0.2) is 9.59 Å². The summed E-state index contributed by atoms with van der Waals surface area (Å²) in [5.74, 6) is 0.124. The van der Waals surface area contributed by atoms with E-state index in [0.29, 0.717) is 62.9 Å². The topological polar surface area (TPSA) is 158 Å². The average Bonchev–Trinajstić information content (AvgIpc) is 3.41. The predicted octanol–water partition coefficient (Wildman–Crippen LogP) is 15.2. The Bertz CT molecular complexity index is 2340. The third-order valence-electron chi connectivity index (χ3n) is 12.8. The van der Waals surface area contributed by atoms with Crippen molar-refractivity contribution in [2.75, 3.05) is 46.8 Å². The standard InChI is InChI=1S/C62H84N2O11/c1-7-9-18-24-49-25-23-26-54(46-49)64-63-53-31-35-56(36-32-53)71-40-20-16-17-21-41-73-59(66)51(8-2)47-62(4,5)61(68)74-42-22-15-13-11-10-12-14-19-39-70-55-33-29-52(30-34-55)60(67)75-57-37-27-50(45-48(57)3)28-38-58(65)72-44-43-69-6/h23,25-38,45-46,51H,7-22,24,39-44,47H2,1-6H3/b38-28+,64-63?. The minimum Gasteiger partial charge on any atom is -0.494 e. The first-order valence-corrected chi connectivity index (χ1v) is 27.4. The summed E-state index contributed by atoms with van der Waals surface area (Å²) in [5.41, 5.74) is 4.09. The van der Waals surface area contributed by atoms with Gasteiger partial charge in [0.25, 0.3) is 0 Å². The first-order valence-electron chi connectivity index (χ1n) is 27.4. The molecule has 0 N–H and O–H groups in total. The van der Waals surface area contributed by atoms with Crippen molar-refractivity contribution in [1.82, 2.24) is 0 Å². The van der Waals surface area contributed by atoms with Gasteiger partial charge >= 0.3 is 23.9 Å². The van der Waals surface area contributed by atoms with Crippen LogP contribution >= 0.6 is 0 Å². The van der Waals surface area contributed by atoms with Crippen molar-refractivity contribution in [1.29, 1.82) is 0 Å². The molecule has 1 unspecified atom stereocenters. The fourth-order valence-electron chi connectivity index (χ4n) is 8.20. The molecule has 0 saturated heterocycles. The molecule has 1 atom stereocenters. The zero-order valence-electron chi connectivity index (χ0n) is 45.7. The van der Waals surface area contributed by atoms with E-state index in [1.165, 1.54) is 38.0 Å². The molecule has 0 aliphatic rings. The first kappa shape index (κ1) is 61.2. The van der Waals surface area contributed by atoms with Crippen LogP contribution in [0.4, 0.5) is 11.4 Å². The number of carbonyl (C=O) groups is 4. The summed E-state index contributed by atoms with van der Waals surface area (Å²) in [4.78, 5) is 50.6. The van der Waals surface area contributed by atoms with Crippen LogP contribution < -0.4 is 14.2 Å². The molecule has 4 rings (SSSR count). The van der Waals surface area contributed by atoms with Gasteiger partial charge in [-0.3, -0.25) is 9.59 Å². The highest BCUT2D eigenvalue weighted by Gasteiger charge is 2.35. The molecule has 0 fully saturated rings. The summed E-state index contributed by atoms with van der Waals surface area (Å²) >= 11 is 0. The molecular weight excluding hydrogens is 949 g/mol. The molecule has 0 amide bonds. The lowest BCUT2D eigenvalue weighted by Crippen LogP contribution is -2.32. The van der Waals surface area contributed by atoms with Gasteiger partial charge in [0.1, 0.15) is 23.9 Å². The third kappa shape index (κ3) is 25.2. The zero-order valence-corrected chi connectivity index (χ0v) is 45.7. The molecule has 0 aliphatic carbocycles. The average molecular weight is 1030 g/mol. The van der Waals surface area contributed by atoms with Gasteiger partial charge in [0.2, 0.25) is 0 Å². The Kier molecular flexibility index (Phi) is 29.2. The van der Waals surface area contributed by atoms with Crippen LogP contribution in [0.3, 0.4) is 0 Å². The number of benzene rings is 4. The van der Waals surface area contributed by atoms with Gasteiger partial charge in [0.15, 0.2) is 0 Å². The van der Waals surface area contributed by atoms with Crippen LogP contribution in [0.1, 0.15) is 164 Å². The van der Waals surface area contributed by atoms with Crippen molar-refractivity contribution in [2.24, 2.45) is 21.6 Å². The van der Waals surface area contributed by atoms with Gasteiger partial charge in [0, 0.05) is 13.2 Å². The van der Waals surface area contributed by atoms with Crippen LogP contribution in [0, 0.1) is 18.3 Å². The molecule has 13 nitrogen and oxygen atoms in total. The molecule has 408 valence electrons. The maximum atomic E-state index is 13.0. The number of rotatable bonds is 38. The maximum absolute atomic E-state index is 13.0. The minimum absolute atomic E-state index is 0.186. The van der Waals surface area contributed by atoms with E-state index in [1.54, 1.807) is 42.5 Å². The fourth-order valence-corrected chi connectivity index (χ4v) is 8.20. The molecule has 0 heterocycles. The molecule has 4 aromatic carbocycles. The van der Waals surface area contributed by atoms with Crippen LogP contribution in [0.5, 0.6) is 17.2 Å². The van der Waals surface area contributed by atoms with E-state index in [0.717, 1.165) is 112 Å².